The predicted octanol–water partition coefficient (Wildman–Crippen LogP) is 4.84. The summed E-state index contributed by atoms with van der Waals surface area (Å²) >= 11 is 0. The van der Waals surface area contributed by atoms with Crippen molar-refractivity contribution < 1.29 is 22.7 Å². The molecule has 0 radical (unpaired) electrons. The molecule has 0 saturated heterocycles. The Bertz CT molecular complexity index is 486. The van der Waals surface area contributed by atoms with Gasteiger partial charge in [0.2, 0.25) is 0 Å². The molecule has 1 fully saturated rings. The van der Waals surface area contributed by atoms with Crippen molar-refractivity contribution in [1.29, 1.82) is 0 Å². The highest BCUT2D eigenvalue weighted by Gasteiger charge is 2.48. The number of aliphatic hydroxyl groups is 1. The lowest BCUT2D eigenvalue weighted by atomic mass is 9.73. The fourth-order valence-corrected chi connectivity index (χ4v) is 3.46. The summed E-state index contributed by atoms with van der Waals surface area (Å²) in [4.78, 5) is 0. The number of hydrogen-bond donors (Lipinski definition) is 1. The standard InChI is InChI=1S/C16H20F4O/c1-9-7-10(2)14(13(17)8-9)15(21)11-5-3-4-6-12(11)16(18,19)20/h7-8,11-12,15,21H,3-6H2,1-2H3. The summed E-state index contributed by atoms with van der Waals surface area (Å²) in [6.07, 6.45) is -4.32. The molecular formula is C16H20F4O. The summed E-state index contributed by atoms with van der Waals surface area (Å²) in [5, 5.41) is 10.4. The van der Waals surface area contributed by atoms with Gasteiger partial charge in [-0.25, -0.2) is 4.39 Å². The third-order valence-corrected chi connectivity index (χ3v) is 4.42. The summed E-state index contributed by atoms with van der Waals surface area (Å²) in [5.41, 5.74) is 1.21. The molecule has 1 nitrogen and oxygen atoms in total. The van der Waals surface area contributed by atoms with Crippen molar-refractivity contribution in [3.63, 3.8) is 0 Å². The van der Waals surface area contributed by atoms with E-state index < -0.39 is 29.9 Å². The quantitative estimate of drug-likeness (QED) is 0.775. The van der Waals surface area contributed by atoms with Crippen LogP contribution in [0.2, 0.25) is 0 Å². The van der Waals surface area contributed by atoms with Crippen molar-refractivity contribution in [3.05, 3.63) is 34.6 Å². The molecule has 1 aliphatic rings. The molecule has 3 atom stereocenters. The van der Waals surface area contributed by atoms with Crippen LogP contribution in [-0.4, -0.2) is 11.3 Å². The summed E-state index contributed by atoms with van der Waals surface area (Å²) in [5.74, 6) is -3.14. The van der Waals surface area contributed by atoms with Crippen LogP contribution in [0.5, 0.6) is 0 Å². The zero-order valence-corrected chi connectivity index (χ0v) is 12.2. The number of rotatable bonds is 2. The number of aryl methyl sites for hydroxylation is 2. The maximum absolute atomic E-state index is 14.1. The molecule has 1 saturated carbocycles. The molecule has 1 aliphatic carbocycles. The minimum Gasteiger partial charge on any atom is -0.388 e. The van der Waals surface area contributed by atoms with Crippen molar-refractivity contribution >= 4 is 0 Å². The number of benzene rings is 1. The summed E-state index contributed by atoms with van der Waals surface area (Å²) in [7, 11) is 0. The largest absolute Gasteiger partial charge is 0.392 e. The van der Waals surface area contributed by atoms with Gasteiger partial charge in [-0.1, -0.05) is 18.9 Å². The summed E-state index contributed by atoms with van der Waals surface area (Å²) < 4.78 is 53.5. The van der Waals surface area contributed by atoms with E-state index in [4.69, 9.17) is 0 Å². The van der Waals surface area contributed by atoms with E-state index in [2.05, 4.69) is 0 Å². The zero-order valence-electron chi connectivity index (χ0n) is 12.2. The van der Waals surface area contributed by atoms with Gasteiger partial charge in [0, 0.05) is 11.5 Å². The summed E-state index contributed by atoms with van der Waals surface area (Å²) in [6, 6.07) is 2.95. The first-order valence-corrected chi connectivity index (χ1v) is 7.23. The first kappa shape index (κ1) is 16.3. The molecule has 0 aliphatic heterocycles. The van der Waals surface area contributed by atoms with Gasteiger partial charge in [-0.05, 0) is 43.9 Å². The molecule has 3 unspecified atom stereocenters. The van der Waals surface area contributed by atoms with Crippen molar-refractivity contribution in [2.75, 3.05) is 0 Å². The lowest BCUT2D eigenvalue weighted by molar-refractivity contribution is -0.207. The van der Waals surface area contributed by atoms with E-state index in [1.165, 1.54) is 6.07 Å². The second-order valence-corrected chi connectivity index (χ2v) is 6.02. The molecule has 1 aromatic rings. The number of hydrogen-bond acceptors (Lipinski definition) is 1. The van der Waals surface area contributed by atoms with Crippen LogP contribution in [0.25, 0.3) is 0 Å². The predicted molar refractivity (Wildman–Crippen MR) is 72.3 cm³/mol. The van der Waals surface area contributed by atoms with Crippen LogP contribution >= 0.6 is 0 Å². The van der Waals surface area contributed by atoms with Crippen LogP contribution in [0.4, 0.5) is 17.6 Å². The third kappa shape index (κ3) is 3.39. The van der Waals surface area contributed by atoms with Gasteiger partial charge in [0.15, 0.2) is 0 Å². The smallest absolute Gasteiger partial charge is 0.388 e. The van der Waals surface area contributed by atoms with Gasteiger partial charge in [-0.3, -0.25) is 0 Å². The highest BCUT2D eigenvalue weighted by Crippen LogP contribution is 2.47. The molecular weight excluding hydrogens is 284 g/mol. The Morgan fingerprint density at radius 1 is 1.14 bits per heavy atom. The zero-order chi connectivity index (χ0) is 15.8. The Labute approximate surface area is 122 Å². The Hall–Kier alpha value is -1.10. The first-order chi connectivity index (χ1) is 9.71. The fraction of sp³-hybridized carbons (Fsp3) is 0.625. The molecule has 0 heterocycles. The molecule has 118 valence electrons. The molecule has 5 heteroatoms. The minimum atomic E-state index is -4.35. The van der Waals surface area contributed by atoms with E-state index >= 15 is 0 Å². The Morgan fingerprint density at radius 2 is 1.76 bits per heavy atom. The first-order valence-electron chi connectivity index (χ1n) is 7.23. The van der Waals surface area contributed by atoms with E-state index in [-0.39, 0.29) is 18.4 Å². The second-order valence-electron chi connectivity index (χ2n) is 6.02. The number of aliphatic hydroxyl groups excluding tert-OH is 1. The van der Waals surface area contributed by atoms with Crippen molar-refractivity contribution in [2.24, 2.45) is 11.8 Å². The van der Waals surface area contributed by atoms with Gasteiger partial charge in [0.1, 0.15) is 5.82 Å². The highest BCUT2D eigenvalue weighted by molar-refractivity contribution is 5.34. The highest BCUT2D eigenvalue weighted by atomic mass is 19.4. The Balaban J connectivity index is 2.36. The SMILES string of the molecule is Cc1cc(C)c(C(O)C2CCCCC2C(F)(F)F)c(F)c1. The van der Waals surface area contributed by atoms with Gasteiger partial charge in [0.05, 0.1) is 12.0 Å². The molecule has 0 spiro atoms. The van der Waals surface area contributed by atoms with Crippen LogP contribution in [0.15, 0.2) is 12.1 Å². The normalized spacial score (nSPS) is 24.9. The average Bonchev–Trinajstić information content (AvgIpc) is 2.36. The van der Waals surface area contributed by atoms with Crippen LogP contribution in [-0.2, 0) is 0 Å². The number of alkyl halides is 3. The van der Waals surface area contributed by atoms with Gasteiger partial charge < -0.3 is 5.11 Å². The van der Waals surface area contributed by atoms with Crippen LogP contribution in [0.3, 0.4) is 0 Å². The van der Waals surface area contributed by atoms with Crippen molar-refractivity contribution in [2.45, 2.75) is 51.8 Å². The van der Waals surface area contributed by atoms with Crippen LogP contribution in [0.1, 0.15) is 48.5 Å². The van der Waals surface area contributed by atoms with Gasteiger partial charge in [-0.15, -0.1) is 0 Å². The number of halogens is 4. The molecule has 0 bridgehead atoms. The maximum atomic E-state index is 14.1. The Morgan fingerprint density at radius 3 is 2.33 bits per heavy atom. The van der Waals surface area contributed by atoms with Gasteiger partial charge >= 0.3 is 6.18 Å². The topological polar surface area (TPSA) is 20.2 Å². The second kappa shape index (κ2) is 5.95. The molecule has 21 heavy (non-hydrogen) atoms. The van der Waals surface area contributed by atoms with Gasteiger partial charge in [-0.2, -0.15) is 13.2 Å². The van der Waals surface area contributed by atoms with E-state index in [0.29, 0.717) is 24.0 Å². The van der Waals surface area contributed by atoms with Crippen LogP contribution < -0.4 is 0 Å². The maximum Gasteiger partial charge on any atom is 0.392 e. The summed E-state index contributed by atoms with van der Waals surface area (Å²) in [6.45, 7) is 3.34. The van der Waals surface area contributed by atoms with Crippen molar-refractivity contribution in [3.8, 4) is 0 Å². The average molecular weight is 304 g/mol. The van der Waals surface area contributed by atoms with E-state index in [1.807, 2.05) is 0 Å². The third-order valence-electron chi connectivity index (χ3n) is 4.42. The monoisotopic (exact) mass is 304 g/mol. The van der Waals surface area contributed by atoms with Crippen molar-refractivity contribution in [1.82, 2.24) is 0 Å². The molecule has 1 N–H and O–H groups in total. The molecule has 1 aromatic carbocycles. The molecule has 0 amide bonds. The van der Waals surface area contributed by atoms with E-state index in [0.717, 1.165) is 0 Å². The molecule has 2 rings (SSSR count). The van der Waals surface area contributed by atoms with E-state index in [1.54, 1.807) is 19.9 Å². The Kier molecular flexibility index (Phi) is 4.61. The minimum absolute atomic E-state index is 0.0117. The van der Waals surface area contributed by atoms with Gasteiger partial charge in [0.25, 0.3) is 0 Å². The lowest BCUT2D eigenvalue weighted by Gasteiger charge is -2.36. The van der Waals surface area contributed by atoms with Crippen LogP contribution in [0, 0.1) is 31.5 Å². The van der Waals surface area contributed by atoms with E-state index in [9.17, 15) is 22.7 Å². The lowest BCUT2D eigenvalue weighted by Crippen LogP contribution is -2.36. The fourth-order valence-electron chi connectivity index (χ4n) is 3.46. The molecule has 0 aromatic heterocycles.